The summed E-state index contributed by atoms with van der Waals surface area (Å²) in [5.74, 6) is 0.212. The summed E-state index contributed by atoms with van der Waals surface area (Å²) in [5, 5.41) is 13.4. The topological polar surface area (TPSA) is 64.4 Å². The quantitative estimate of drug-likeness (QED) is 0.641. The predicted octanol–water partition coefficient (Wildman–Crippen LogP) is 2.65. The van der Waals surface area contributed by atoms with Crippen LogP contribution in [0.15, 0.2) is 18.2 Å². The Hall–Kier alpha value is -1.83. The summed E-state index contributed by atoms with van der Waals surface area (Å²) in [6.07, 6.45) is -5.35. The highest BCUT2D eigenvalue weighted by Gasteiger charge is 2.27. The third-order valence-electron chi connectivity index (χ3n) is 2.27. The Morgan fingerprint density at radius 2 is 2.11 bits per heavy atom. The molecule has 0 heterocycles. The number of non-ortho nitro benzene ring substituents is 1. The van der Waals surface area contributed by atoms with Crippen LogP contribution in [0.4, 0.5) is 18.9 Å². The van der Waals surface area contributed by atoms with Gasteiger partial charge < -0.3 is 10.1 Å². The van der Waals surface area contributed by atoms with Crippen LogP contribution >= 0.6 is 0 Å². The second kappa shape index (κ2) is 6.37. The van der Waals surface area contributed by atoms with Gasteiger partial charge in [-0.15, -0.1) is 0 Å². The zero-order valence-corrected chi connectivity index (χ0v) is 10.2. The van der Waals surface area contributed by atoms with Gasteiger partial charge in [0.1, 0.15) is 5.75 Å². The van der Waals surface area contributed by atoms with Crippen LogP contribution in [0.5, 0.6) is 5.75 Å². The van der Waals surface area contributed by atoms with E-state index in [0.717, 1.165) is 0 Å². The first-order valence-corrected chi connectivity index (χ1v) is 5.45. The van der Waals surface area contributed by atoms with Crippen molar-refractivity contribution < 1.29 is 22.8 Å². The zero-order chi connectivity index (χ0) is 14.5. The van der Waals surface area contributed by atoms with Crippen LogP contribution in [0.25, 0.3) is 0 Å². The lowest BCUT2D eigenvalue weighted by molar-refractivity contribution is -0.384. The average Bonchev–Trinajstić information content (AvgIpc) is 2.29. The van der Waals surface area contributed by atoms with Crippen LogP contribution < -0.4 is 10.1 Å². The maximum absolute atomic E-state index is 12.0. The van der Waals surface area contributed by atoms with Crippen LogP contribution in [0, 0.1) is 10.1 Å². The Kier molecular flexibility index (Phi) is 5.11. The summed E-state index contributed by atoms with van der Waals surface area (Å²) in [5.41, 5.74) is 0.312. The molecule has 8 heteroatoms. The van der Waals surface area contributed by atoms with Gasteiger partial charge >= 0.3 is 6.18 Å². The van der Waals surface area contributed by atoms with E-state index in [9.17, 15) is 23.3 Å². The Morgan fingerprint density at radius 1 is 1.42 bits per heavy atom. The molecule has 0 aliphatic rings. The number of nitro groups is 1. The van der Waals surface area contributed by atoms with E-state index in [1.807, 2.05) is 0 Å². The number of benzene rings is 1. The van der Waals surface area contributed by atoms with E-state index in [-0.39, 0.29) is 18.0 Å². The fourth-order valence-electron chi connectivity index (χ4n) is 1.43. The third kappa shape index (κ3) is 5.12. The molecule has 1 aromatic rings. The molecule has 0 radical (unpaired) electrons. The van der Waals surface area contributed by atoms with Crippen LogP contribution in [-0.2, 0) is 6.54 Å². The van der Waals surface area contributed by atoms with Crippen molar-refractivity contribution in [2.45, 2.75) is 19.1 Å². The molecule has 0 spiro atoms. The van der Waals surface area contributed by atoms with E-state index in [4.69, 9.17) is 4.74 Å². The van der Waals surface area contributed by atoms with Crippen molar-refractivity contribution in [3.63, 3.8) is 0 Å². The molecule has 0 amide bonds. The summed E-state index contributed by atoms with van der Waals surface area (Å²) in [6, 6.07) is 3.78. The van der Waals surface area contributed by atoms with Crippen molar-refractivity contribution in [2.75, 3.05) is 13.7 Å². The number of halogens is 3. The normalized spacial score (nSPS) is 11.4. The van der Waals surface area contributed by atoms with Gasteiger partial charge in [0, 0.05) is 24.2 Å². The van der Waals surface area contributed by atoms with E-state index in [2.05, 4.69) is 5.32 Å². The smallest absolute Gasteiger partial charge is 0.392 e. The van der Waals surface area contributed by atoms with Crippen molar-refractivity contribution in [2.24, 2.45) is 0 Å². The molecular weight excluding hydrogens is 265 g/mol. The summed E-state index contributed by atoms with van der Waals surface area (Å²) >= 11 is 0. The van der Waals surface area contributed by atoms with Gasteiger partial charge in [0.25, 0.3) is 5.69 Å². The minimum atomic E-state index is -4.29. The molecule has 5 nitrogen and oxygen atoms in total. The van der Waals surface area contributed by atoms with Gasteiger partial charge in [-0.05, 0) is 13.1 Å². The molecule has 0 bridgehead atoms. The number of hydrogen-bond donors (Lipinski definition) is 1. The van der Waals surface area contributed by atoms with Gasteiger partial charge in [-0.2, -0.15) is 13.2 Å². The van der Waals surface area contributed by atoms with Crippen molar-refractivity contribution >= 4 is 5.69 Å². The molecule has 0 aliphatic heterocycles. The van der Waals surface area contributed by atoms with Crippen molar-refractivity contribution in [1.29, 1.82) is 0 Å². The predicted molar refractivity (Wildman–Crippen MR) is 62.0 cm³/mol. The molecule has 0 saturated heterocycles. The van der Waals surface area contributed by atoms with E-state index >= 15 is 0 Å². The molecule has 1 aromatic carbocycles. The fraction of sp³-hybridized carbons (Fsp3) is 0.455. The summed E-state index contributed by atoms with van der Waals surface area (Å²) in [4.78, 5) is 10.0. The lowest BCUT2D eigenvalue weighted by Crippen LogP contribution is -2.14. The minimum absolute atomic E-state index is 0.131. The van der Waals surface area contributed by atoms with E-state index in [1.54, 1.807) is 7.05 Å². The molecule has 0 atom stereocenters. The van der Waals surface area contributed by atoms with Crippen LogP contribution in [0.2, 0.25) is 0 Å². The van der Waals surface area contributed by atoms with Crippen molar-refractivity contribution in [3.05, 3.63) is 33.9 Å². The number of nitrogens with zero attached hydrogens (tertiary/aromatic N) is 1. The lowest BCUT2D eigenvalue weighted by Gasteiger charge is -2.12. The first-order chi connectivity index (χ1) is 8.83. The maximum Gasteiger partial charge on any atom is 0.392 e. The van der Waals surface area contributed by atoms with Gasteiger partial charge in [0.05, 0.1) is 18.0 Å². The van der Waals surface area contributed by atoms with E-state index < -0.39 is 24.1 Å². The Labute approximate surface area is 107 Å². The first kappa shape index (κ1) is 15.2. The lowest BCUT2D eigenvalue weighted by atomic mass is 10.1. The molecule has 0 aliphatic carbocycles. The average molecular weight is 278 g/mol. The van der Waals surface area contributed by atoms with Crippen molar-refractivity contribution in [1.82, 2.24) is 5.32 Å². The highest BCUT2D eigenvalue weighted by molar-refractivity contribution is 5.43. The second-order valence-corrected chi connectivity index (χ2v) is 3.79. The summed E-state index contributed by atoms with van der Waals surface area (Å²) < 4.78 is 41.0. The minimum Gasteiger partial charge on any atom is -0.493 e. The summed E-state index contributed by atoms with van der Waals surface area (Å²) in [6.45, 7) is -0.249. The van der Waals surface area contributed by atoms with Crippen LogP contribution in [0.1, 0.15) is 12.0 Å². The SMILES string of the molecule is CNCc1cc([N+](=O)[O-])ccc1OCCC(F)(F)F. The zero-order valence-electron chi connectivity index (χ0n) is 10.2. The Balaban J connectivity index is 2.79. The standard InChI is InChI=1S/C11H13F3N2O3/c1-15-7-8-6-9(16(17)18)2-3-10(8)19-5-4-11(12,13)14/h2-3,6,15H,4-5,7H2,1H3. The number of nitro benzene ring substituents is 1. The molecule has 0 aromatic heterocycles. The second-order valence-electron chi connectivity index (χ2n) is 3.79. The van der Waals surface area contributed by atoms with Crippen LogP contribution in [-0.4, -0.2) is 24.8 Å². The van der Waals surface area contributed by atoms with Gasteiger partial charge in [0.15, 0.2) is 0 Å². The molecule has 1 rings (SSSR count). The molecule has 0 saturated carbocycles. The Bertz CT molecular complexity index is 449. The fourth-order valence-corrected chi connectivity index (χ4v) is 1.43. The van der Waals surface area contributed by atoms with Gasteiger partial charge in [0.2, 0.25) is 0 Å². The number of rotatable bonds is 6. The number of nitrogens with one attached hydrogen (secondary N) is 1. The molecule has 106 valence electrons. The van der Waals surface area contributed by atoms with Gasteiger partial charge in [-0.1, -0.05) is 0 Å². The number of alkyl halides is 3. The van der Waals surface area contributed by atoms with E-state index in [1.165, 1.54) is 18.2 Å². The monoisotopic (exact) mass is 278 g/mol. The molecule has 0 fully saturated rings. The Morgan fingerprint density at radius 3 is 2.63 bits per heavy atom. The summed E-state index contributed by atoms with van der Waals surface area (Å²) in [7, 11) is 1.62. The van der Waals surface area contributed by atoms with E-state index in [0.29, 0.717) is 5.56 Å². The molecule has 19 heavy (non-hydrogen) atoms. The number of ether oxygens (including phenoxy) is 1. The van der Waals surface area contributed by atoms with Gasteiger partial charge in [-0.3, -0.25) is 10.1 Å². The molecule has 0 unspecified atom stereocenters. The first-order valence-electron chi connectivity index (χ1n) is 5.45. The van der Waals surface area contributed by atoms with Gasteiger partial charge in [-0.25, -0.2) is 0 Å². The highest BCUT2D eigenvalue weighted by atomic mass is 19.4. The maximum atomic E-state index is 12.0. The largest absolute Gasteiger partial charge is 0.493 e. The molecular formula is C11H13F3N2O3. The highest BCUT2D eigenvalue weighted by Crippen LogP contribution is 2.26. The number of hydrogen-bond acceptors (Lipinski definition) is 4. The third-order valence-corrected chi connectivity index (χ3v) is 2.27. The molecule has 1 N–H and O–H groups in total. The van der Waals surface area contributed by atoms with Crippen molar-refractivity contribution in [3.8, 4) is 5.75 Å². The van der Waals surface area contributed by atoms with Crippen LogP contribution in [0.3, 0.4) is 0 Å².